The van der Waals surface area contributed by atoms with Crippen molar-refractivity contribution in [2.45, 2.75) is 13.3 Å². The summed E-state index contributed by atoms with van der Waals surface area (Å²) in [6, 6.07) is 6.39. The SMILES string of the molecule is CCc1nn(-c2cccc(F)c2)c(=O)cc1C(=O)O. The number of nitrogens with zero attached hydrogens (tertiary/aromatic N) is 2. The standard InChI is InChI=1S/C13H11FN2O3/c1-2-11-10(13(18)19)7-12(17)16(15-11)9-5-3-4-8(14)6-9/h3-7H,2H2,1H3,(H,18,19). The van der Waals surface area contributed by atoms with Crippen molar-refractivity contribution < 1.29 is 14.3 Å². The quantitative estimate of drug-likeness (QED) is 0.912. The number of hydrogen-bond donors (Lipinski definition) is 1. The molecule has 98 valence electrons. The van der Waals surface area contributed by atoms with Crippen molar-refractivity contribution in [2.24, 2.45) is 0 Å². The zero-order chi connectivity index (χ0) is 14.0. The molecule has 0 saturated heterocycles. The van der Waals surface area contributed by atoms with Crippen LogP contribution in [0.5, 0.6) is 0 Å². The van der Waals surface area contributed by atoms with E-state index < -0.39 is 17.3 Å². The summed E-state index contributed by atoms with van der Waals surface area (Å²) < 4.78 is 14.1. The maximum Gasteiger partial charge on any atom is 0.337 e. The maximum atomic E-state index is 13.1. The van der Waals surface area contributed by atoms with E-state index in [0.29, 0.717) is 6.42 Å². The van der Waals surface area contributed by atoms with Crippen LogP contribution in [-0.2, 0) is 6.42 Å². The summed E-state index contributed by atoms with van der Waals surface area (Å²) in [7, 11) is 0. The molecule has 1 aromatic heterocycles. The normalized spacial score (nSPS) is 10.4. The van der Waals surface area contributed by atoms with E-state index in [1.165, 1.54) is 18.2 Å². The van der Waals surface area contributed by atoms with E-state index in [0.717, 1.165) is 16.8 Å². The smallest absolute Gasteiger partial charge is 0.337 e. The molecule has 0 spiro atoms. The molecule has 2 rings (SSSR count). The van der Waals surface area contributed by atoms with E-state index in [1.54, 1.807) is 6.92 Å². The number of aromatic carboxylic acids is 1. The molecule has 0 bridgehead atoms. The lowest BCUT2D eigenvalue weighted by Crippen LogP contribution is -2.24. The average Bonchev–Trinajstić information content (AvgIpc) is 2.38. The fourth-order valence-corrected chi connectivity index (χ4v) is 1.73. The fourth-order valence-electron chi connectivity index (χ4n) is 1.73. The van der Waals surface area contributed by atoms with Gasteiger partial charge in [-0.05, 0) is 24.6 Å². The van der Waals surface area contributed by atoms with Gasteiger partial charge in [-0.2, -0.15) is 9.78 Å². The molecule has 0 unspecified atom stereocenters. The third-order valence-corrected chi connectivity index (χ3v) is 2.63. The van der Waals surface area contributed by atoms with Gasteiger partial charge in [0.05, 0.1) is 16.9 Å². The van der Waals surface area contributed by atoms with Crippen LogP contribution in [0.1, 0.15) is 23.0 Å². The Bertz CT molecular complexity index is 695. The number of aryl methyl sites for hydroxylation is 1. The van der Waals surface area contributed by atoms with Crippen LogP contribution in [-0.4, -0.2) is 20.9 Å². The van der Waals surface area contributed by atoms with Gasteiger partial charge in [-0.1, -0.05) is 13.0 Å². The molecular formula is C13H11FN2O3. The van der Waals surface area contributed by atoms with Gasteiger partial charge >= 0.3 is 5.97 Å². The molecular weight excluding hydrogens is 251 g/mol. The summed E-state index contributed by atoms with van der Waals surface area (Å²) in [6.07, 6.45) is 0.358. The minimum atomic E-state index is -1.20. The van der Waals surface area contributed by atoms with Crippen molar-refractivity contribution in [2.75, 3.05) is 0 Å². The molecule has 0 amide bonds. The van der Waals surface area contributed by atoms with Gasteiger partial charge in [-0.15, -0.1) is 0 Å². The van der Waals surface area contributed by atoms with Crippen molar-refractivity contribution >= 4 is 5.97 Å². The Morgan fingerprint density at radius 2 is 2.16 bits per heavy atom. The monoisotopic (exact) mass is 262 g/mol. The molecule has 0 fully saturated rings. The second-order valence-electron chi connectivity index (χ2n) is 3.89. The van der Waals surface area contributed by atoms with Crippen LogP contribution in [0.2, 0.25) is 0 Å². The van der Waals surface area contributed by atoms with Crippen LogP contribution in [0, 0.1) is 5.82 Å². The van der Waals surface area contributed by atoms with Gasteiger partial charge in [-0.25, -0.2) is 9.18 Å². The van der Waals surface area contributed by atoms with Crippen molar-refractivity contribution in [3.8, 4) is 5.69 Å². The average molecular weight is 262 g/mol. The van der Waals surface area contributed by atoms with Crippen molar-refractivity contribution in [1.29, 1.82) is 0 Å². The number of halogens is 1. The lowest BCUT2D eigenvalue weighted by atomic mass is 10.2. The van der Waals surface area contributed by atoms with Crippen LogP contribution in [0.15, 0.2) is 35.1 Å². The first-order valence-corrected chi connectivity index (χ1v) is 5.65. The summed E-state index contributed by atoms with van der Waals surface area (Å²) in [4.78, 5) is 22.8. The molecule has 1 heterocycles. The number of carboxylic acids is 1. The topological polar surface area (TPSA) is 72.2 Å². The largest absolute Gasteiger partial charge is 0.478 e. The highest BCUT2D eigenvalue weighted by Gasteiger charge is 2.14. The minimum absolute atomic E-state index is 0.125. The summed E-state index contributed by atoms with van der Waals surface area (Å²) in [5, 5.41) is 13.0. The van der Waals surface area contributed by atoms with Gasteiger partial charge in [0.15, 0.2) is 0 Å². The molecule has 19 heavy (non-hydrogen) atoms. The second-order valence-corrected chi connectivity index (χ2v) is 3.89. The third kappa shape index (κ3) is 2.52. The highest BCUT2D eigenvalue weighted by molar-refractivity contribution is 5.88. The van der Waals surface area contributed by atoms with Crippen molar-refractivity contribution in [3.05, 3.63) is 57.8 Å². The van der Waals surface area contributed by atoms with E-state index in [4.69, 9.17) is 5.11 Å². The molecule has 0 aliphatic heterocycles. The molecule has 1 aromatic carbocycles. The molecule has 5 nitrogen and oxygen atoms in total. The Balaban J connectivity index is 2.66. The zero-order valence-electron chi connectivity index (χ0n) is 10.1. The molecule has 1 N–H and O–H groups in total. The van der Waals surface area contributed by atoms with Gasteiger partial charge in [0.2, 0.25) is 0 Å². The summed E-state index contributed by atoms with van der Waals surface area (Å²) in [5.74, 6) is -1.69. The number of carbonyl (C=O) groups is 1. The van der Waals surface area contributed by atoms with E-state index in [-0.39, 0.29) is 16.9 Å². The predicted molar refractivity (Wildman–Crippen MR) is 66.1 cm³/mol. The van der Waals surface area contributed by atoms with E-state index in [9.17, 15) is 14.0 Å². The number of carboxylic acid groups (broad SMARTS) is 1. The number of benzene rings is 1. The minimum Gasteiger partial charge on any atom is -0.478 e. The maximum absolute atomic E-state index is 13.1. The number of hydrogen-bond acceptors (Lipinski definition) is 3. The van der Waals surface area contributed by atoms with Gasteiger partial charge in [0, 0.05) is 6.07 Å². The molecule has 0 atom stereocenters. The van der Waals surface area contributed by atoms with Gasteiger partial charge in [0.1, 0.15) is 5.82 Å². The molecule has 0 aliphatic carbocycles. The van der Waals surface area contributed by atoms with E-state index in [1.807, 2.05) is 0 Å². The summed E-state index contributed by atoms with van der Waals surface area (Å²) >= 11 is 0. The van der Waals surface area contributed by atoms with Gasteiger partial charge in [0.25, 0.3) is 5.56 Å². The zero-order valence-corrected chi connectivity index (χ0v) is 10.1. The molecule has 0 saturated carbocycles. The molecule has 6 heteroatoms. The Labute approximate surface area is 107 Å². The Kier molecular flexibility index (Phi) is 3.41. The molecule has 2 aromatic rings. The Morgan fingerprint density at radius 3 is 2.74 bits per heavy atom. The van der Waals surface area contributed by atoms with Crippen LogP contribution in [0.25, 0.3) is 5.69 Å². The van der Waals surface area contributed by atoms with Crippen LogP contribution in [0.3, 0.4) is 0 Å². The number of rotatable bonds is 3. The van der Waals surface area contributed by atoms with Gasteiger partial charge in [-0.3, -0.25) is 4.79 Å². The van der Waals surface area contributed by atoms with E-state index >= 15 is 0 Å². The molecule has 0 radical (unpaired) electrons. The first kappa shape index (κ1) is 12.9. The van der Waals surface area contributed by atoms with Gasteiger partial charge < -0.3 is 5.11 Å². The summed E-state index contributed by atoms with van der Waals surface area (Å²) in [5.41, 5.74) is -0.201. The highest BCUT2D eigenvalue weighted by Crippen LogP contribution is 2.09. The first-order chi connectivity index (χ1) is 9.02. The lowest BCUT2D eigenvalue weighted by Gasteiger charge is -2.08. The molecule has 0 aliphatic rings. The Hall–Kier alpha value is -2.50. The summed E-state index contributed by atoms with van der Waals surface area (Å²) in [6.45, 7) is 1.73. The second kappa shape index (κ2) is 5.01. The van der Waals surface area contributed by atoms with Crippen LogP contribution < -0.4 is 5.56 Å². The lowest BCUT2D eigenvalue weighted by molar-refractivity contribution is 0.0694. The third-order valence-electron chi connectivity index (χ3n) is 2.63. The van der Waals surface area contributed by atoms with Crippen LogP contribution >= 0.6 is 0 Å². The van der Waals surface area contributed by atoms with Crippen LogP contribution in [0.4, 0.5) is 4.39 Å². The Morgan fingerprint density at radius 1 is 1.42 bits per heavy atom. The fraction of sp³-hybridized carbons (Fsp3) is 0.154. The highest BCUT2D eigenvalue weighted by atomic mass is 19.1. The van der Waals surface area contributed by atoms with Crippen molar-refractivity contribution in [3.63, 3.8) is 0 Å². The van der Waals surface area contributed by atoms with E-state index in [2.05, 4.69) is 5.10 Å². The predicted octanol–water partition coefficient (Wildman–Crippen LogP) is 1.63. The van der Waals surface area contributed by atoms with Crippen molar-refractivity contribution in [1.82, 2.24) is 9.78 Å². The first-order valence-electron chi connectivity index (χ1n) is 5.65. The number of aromatic nitrogens is 2.